The van der Waals surface area contributed by atoms with Crippen LogP contribution in [-0.2, 0) is 11.8 Å². The van der Waals surface area contributed by atoms with Gasteiger partial charge in [0.05, 0.1) is 17.9 Å². The number of nitrogens with one attached hydrogen (secondary N) is 1. The Morgan fingerprint density at radius 1 is 1.28 bits per heavy atom. The molecular formula is C18H20N6O. The van der Waals surface area contributed by atoms with E-state index < -0.39 is 0 Å². The Morgan fingerprint density at radius 3 is 2.72 bits per heavy atom. The number of hydrogen-bond acceptors (Lipinski definition) is 4. The Bertz CT molecular complexity index is 867. The van der Waals surface area contributed by atoms with Gasteiger partial charge in [-0.3, -0.25) is 9.48 Å². The average molecular weight is 336 g/mol. The fourth-order valence-corrected chi connectivity index (χ4v) is 3.15. The SMILES string of the molecule is C[C@H](NC(=O)[C@@H]1C[C@H]1c1cnn(C)c1)c1ccc(-n2cncn2)cc1. The van der Waals surface area contributed by atoms with Gasteiger partial charge in [-0.25, -0.2) is 9.67 Å². The average Bonchev–Trinajstić information content (AvgIpc) is 3.02. The zero-order valence-corrected chi connectivity index (χ0v) is 14.2. The molecular weight excluding hydrogens is 316 g/mol. The van der Waals surface area contributed by atoms with Crippen molar-refractivity contribution in [3.05, 3.63) is 60.4 Å². The van der Waals surface area contributed by atoms with Crippen LogP contribution < -0.4 is 5.32 Å². The zero-order chi connectivity index (χ0) is 17.4. The van der Waals surface area contributed by atoms with Crippen molar-refractivity contribution in [1.82, 2.24) is 29.9 Å². The summed E-state index contributed by atoms with van der Waals surface area (Å²) in [6, 6.07) is 7.93. The van der Waals surface area contributed by atoms with E-state index in [1.165, 1.54) is 6.33 Å². The summed E-state index contributed by atoms with van der Waals surface area (Å²) in [5.74, 6) is 0.471. The molecule has 25 heavy (non-hydrogen) atoms. The van der Waals surface area contributed by atoms with Crippen molar-refractivity contribution >= 4 is 5.91 Å². The molecule has 3 aromatic rings. The minimum absolute atomic E-state index is 0.0348. The van der Waals surface area contributed by atoms with E-state index in [4.69, 9.17) is 0 Å². The lowest BCUT2D eigenvalue weighted by atomic mass is 10.1. The maximum Gasteiger partial charge on any atom is 0.224 e. The molecule has 3 atom stereocenters. The summed E-state index contributed by atoms with van der Waals surface area (Å²) in [5, 5.41) is 11.4. The largest absolute Gasteiger partial charge is 0.349 e. The number of aromatic nitrogens is 5. The van der Waals surface area contributed by atoms with Crippen LogP contribution in [0.25, 0.3) is 5.69 Å². The number of nitrogens with zero attached hydrogens (tertiary/aromatic N) is 5. The molecule has 1 aliphatic carbocycles. The standard InChI is InChI=1S/C18H20N6O/c1-12(13-3-5-15(6-4-13)24-11-19-10-21-24)22-18(25)17-7-16(17)14-8-20-23(2)9-14/h3-6,8-12,16-17H,7H2,1-2H3,(H,22,25)/t12-,16-,17+/m0/s1. The van der Waals surface area contributed by atoms with E-state index in [1.54, 1.807) is 15.7 Å². The lowest BCUT2D eigenvalue weighted by molar-refractivity contribution is -0.123. The Morgan fingerprint density at radius 2 is 2.08 bits per heavy atom. The Balaban J connectivity index is 1.37. The van der Waals surface area contributed by atoms with Gasteiger partial charge in [0.15, 0.2) is 0 Å². The Labute approximate surface area is 145 Å². The van der Waals surface area contributed by atoms with E-state index in [0.717, 1.165) is 23.2 Å². The topological polar surface area (TPSA) is 77.6 Å². The minimum Gasteiger partial charge on any atom is -0.349 e. The van der Waals surface area contributed by atoms with Gasteiger partial charge in [-0.05, 0) is 42.5 Å². The number of rotatable bonds is 5. The van der Waals surface area contributed by atoms with Gasteiger partial charge >= 0.3 is 0 Å². The second kappa shape index (κ2) is 6.16. The van der Waals surface area contributed by atoms with Crippen LogP contribution in [-0.4, -0.2) is 30.5 Å². The molecule has 7 heteroatoms. The summed E-state index contributed by atoms with van der Waals surface area (Å²) < 4.78 is 3.48. The van der Waals surface area contributed by atoms with Gasteiger partial charge in [-0.2, -0.15) is 10.2 Å². The van der Waals surface area contributed by atoms with Gasteiger partial charge in [-0.15, -0.1) is 0 Å². The molecule has 7 nitrogen and oxygen atoms in total. The molecule has 1 aliphatic rings. The molecule has 1 saturated carbocycles. The first kappa shape index (κ1) is 15.6. The molecule has 1 N–H and O–H groups in total. The molecule has 0 spiro atoms. The van der Waals surface area contributed by atoms with Crippen LogP contribution in [0.4, 0.5) is 0 Å². The maximum atomic E-state index is 12.5. The predicted molar refractivity (Wildman–Crippen MR) is 92.0 cm³/mol. The molecule has 4 rings (SSSR count). The highest BCUT2D eigenvalue weighted by molar-refractivity contribution is 5.83. The fraction of sp³-hybridized carbons (Fsp3) is 0.333. The minimum atomic E-state index is -0.0348. The Kier molecular flexibility index (Phi) is 3.83. The highest BCUT2D eigenvalue weighted by Crippen LogP contribution is 2.47. The van der Waals surface area contributed by atoms with Gasteiger partial charge in [0.2, 0.25) is 5.91 Å². The number of benzene rings is 1. The zero-order valence-electron chi connectivity index (χ0n) is 14.2. The second-order valence-corrected chi connectivity index (χ2v) is 6.56. The van der Waals surface area contributed by atoms with Crippen molar-refractivity contribution in [2.45, 2.75) is 25.3 Å². The molecule has 0 bridgehead atoms. The molecule has 1 aromatic carbocycles. The first-order chi connectivity index (χ1) is 12.1. The summed E-state index contributed by atoms with van der Waals surface area (Å²) in [5.41, 5.74) is 3.15. The van der Waals surface area contributed by atoms with Gasteiger partial charge in [-0.1, -0.05) is 12.1 Å². The lowest BCUT2D eigenvalue weighted by Gasteiger charge is -2.15. The number of aryl methyl sites for hydroxylation is 1. The predicted octanol–water partition coefficient (Wildman–Crippen LogP) is 1.98. The highest BCUT2D eigenvalue weighted by atomic mass is 16.2. The summed E-state index contributed by atoms with van der Waals surface area (Å²) in [7, 11) is 1.89. The molecule has 0 saturated heterocycles. The normalized spacial score (nSPS) is 20.2. The van der Waals surface area contributed by atoms with Gasteiger partial charge in [0.1, 0.15) is 12.7 Å². The Hall–Kier alpha value is -2.96. The van der Waals surface area contributed by atoms with Crippen LogP contribution in [0.3, 0.4) is 0 Å². The van der Waals surface area contributed by atoms with E-state index in [9.17, 15) is 4.79 Å². The van der Waals surface area contributed by atoms with E-state index in [0.29, 0.717) is 5.92 Å². The maximum absolute atomic E-state index is 12.5. The van der Waals surface area contributed by atoms with Crippen LogP contribution in [0.2, 0.25) is 0 Å². The van der Waals surface area contributed by atoms with Crippen LogP contribution >= 0.6 is 0 Å². The third-order valence-corrected chi connectivity index (χ3v) is 4.72. The molecule has 1 fully saturated rings. The number of amides is 1. The van der Waals surface area contributed by atoms with Crippen LogP contribution in [0, 0.1) is 5.92 Å². The van der Waals surface area contributed by atoms with Crippen molar-refractivity contribution in [2.24, 2.45) is 13.0 Å². The van der Waals surface area contributed by atoms with E-state index in [-0.39, 0.29) is 17.9 Å². The fourth-order valence-electron chi connectivity index (χ4n) is 3.15. The molecule has 0 radical (unpaired) electrons. The van der Waals surface area contributed by atoms with Crippen LogP contribution in [0.1, 0.15) is 36.4 Å². The molecule has 2 aromatic heterocycles. The summed E-state index contributed by atoms with van der Waals surface area (Å²) in [6.45, 7) is 2.00. The molecule has 1 amide bonds. The van der Waals surface area contributed by atoms with Crippen LogP contribution in [0.15, 0.2) is 49.3 Å². The van der Waals surface area contributed by atoms with Crippen LogP contribution in [0.5, 0.6) is 0 Å². The monoisotopic (exact) mass is 336 g/mol. The highest BCUT2D eigenvalue weighted by Gasteiger charge is 2.44. The van der Waals surface area contributed by atoms with E-state index in [1.807, 2.05) is 50.6 Å². The smallest absolute Gasteiger partial charge is 0.224 e. The van der Waals surface area contributed by atoms with E-state index >= 15 is 0 Å². The first-order valence-corrected chi connectivity index (χ1v) is 8.35. The van der Waals surface area contributed by atoms with Gasteiger partial charge < -0.3 is 5.32 Å². The summed E-state index contributed by atoms with van der Waals surface area (Å²) >= 11 is 0. The van der Waals surface area contributed by atoms with Gasteiger partial charge in [0, 0.05) is 19.2 Å². The van der Waals surface area contributed by atoms with Crippen molar-refractivity contribution in [2.75, 3.05) is 0 Å². The quantitative estimate of drug-likeness (QED) is 0.773. The van der Waals surface area contributed by atoms with Gasteiger partial charge in [0.25, 0.3) is 0 Å². The third kappa shape index (κ3) is 3.17. The first-order valence-electron chi connectivity index (χ1n) is 8.35. The number of hydrogen-bond donors (Lipinski definition) is 1. The molecule has 128 valence electrons. The van der Waals surface area contributed by atoms with Crippen molar-refractivity contribution in [3.63, 3.8) is 0 Å². The molecule has 2 heterocycles. The van der Waals surface area contributed by atoms with Crippen molar-refractivity contribution in [3.8, 4) is 5.69 Å². The summed E-state index contributed by atoms with van der Waals surface area (Å²) in [4.78, 5) is 16.4. The second-order valence-electron chi connectivity index (χ2n) is 6.56. The molecule has 0 unspecified atom stereocenters. The number of carbonyl (C=O) groups excluding carboxylic acids is 1. The lowest BCUT2D eigenvalue weighted by Crippen LogP contribution is -2.28. The third-order valence-electron chi connectivity index (χ3n) is 4.72. The number of carbonyl (C=O) groups is 1. The summed E-state index contributed by atoms with van der Waals surface area (Å²) in [6.07, 6.45) is 7.90. The van der Waals surface area contributed by atoms with Crippen molar-refractivity contribution < 1.29 is 4.79 Å². The molecule has 0 aliphatic heterocycles. The van der Waals surface area contributed by atoms with E-state index in [2.05, 4.69) is 20.5 Å². The van der Waals surface area contributed by atoms with Crippen molar-refractivity contribution in [1.29, 1.82) is 0 Å².